The molecule has 2 unspecified atom stereocenters. The molecule has 0 bridgehead atoms. The first-order valence-electron chi connectivity index (χ1n) is 20.6. The Kier molecular flexibility index (Phi) is 20.6. The van der Waals surface area contributed by atoms with E-state index in [0.717, 1.165) is 0 Å². The molecule has 5 atom stereocenters. The van der Waals surface area contributed by atoms with Gasteiger partial charge in [0.25, 0.3) is 0 Å². The van der Waals surface area contributed by atoms with E-state index < -0.39 is 48.6 Å². The van der Waals surface area contributed by atoms with Gasteiger partial charge >= 0.3 is 17.9 Å². The number of rotatable bonds is 27. The van der Waals surface area contributed by atoms with Crippen molar-refractivity contribution in [3.05, 3.63) is 124 Å². The lowest BCUT2D eigenvalue weighted by Gasteiger charge is -2.45. The third-order valence-corrected chi connectivity index (χ3v) is 9.98. The molecular formula is C47H58O18. The fraction of sp³-hybridized carbons (Fsp3) is 0.426. The maximum absolute atomic E-state index is 11.7. The Morgan fingerprint density at radius 1 is 0.477 bits per heavy atom. The average Bonchev–Trinajstić information content (AvgIpc) is 3.29. The number of methoxy groups -OCH3 is 2. The second kappa shape index (κ2) is 26.0. The van der Waals surface area contributed by atoms with Crippen LogP contribution in [0.1, 0.15) is 72.6 Å². The van der Waals surface area contributed by atoms with E-state index in [2.05, 4.69) is 0 Å². The van der Waals surface area contributed by atoms with E-state index >= 15 is 0 Å². The molecule has 0 aliphatic carbocycles. The quantitative estimate of drug-likeness (QED) is 0.0504. The summed E-state index contributed by atoms with van der Waals surface area (Å²) in [6.07, 6.45) is -4.01. The molecule has 3 N–H and O–H groups in total. The third-order valence-electron chi connectivity index (χ3n) is 9.98. The number of carboxylic acids is 3. The largest absolute Gasteiger partial charge is 0.492 e. The van der Waals surface area contributed by atoms with E-state index in [1.807, 2.05) is 0 Å². The summed E-state index contributed by atoms with van der Waals surface area (Å²) in [6, 6.07) is 18.9. The molecule has 18 nitrogen and oxygen atoms in total. The molecule has 1 aliphatic rings. The van der Waals surface area contributed by atoms with Gasteiger partial charge in [0.05, 0.1) is 26.4 Å². The number of carbonyl (C=O) groups is 3. The van der Waals surface area contributed by atoms with Crippen molar-refractivity contribution < 1.29 is 86.5 Å². The number of carboxylic acid groups (broad SMARTS) is 3. The average molecular weight is 911 g/mol. The summed E-state index contributed by atoms with van der Waals surface area (Å²) < 4.78 is 71.7. The summed E-state index contributed by atoms with van der Waals surface area (Å²) in [5.41, 5.74) is 0.0362. The van der Waals surface area contributed by atoms with Gasteiger partial charge in [-0.1, -0.05) is 36.4 Å². The summed E-state index contributed by atoms with van der Waals surface area (Å²) in [5.74, 6) is -0.495. The van der Waals surface area contributed by atoms with Crippen LogP contribution in [0.25, 0.3) is 0 Å². The van der Waals surface area contributed by atoms with Crippen molar-refractivity contribution in [1.29, 1.82) is 0 Å². The smallest absolute Gasteiger partial charge is 0.339 e. The minimum absolute atomic E-state index is 0.00701. The maximum atomic E-state index is 11.7. The highest BCUT2D eigenvalue weighted by molar-refractivity contribution is 5.91. The first-order valence-corrected chi connectivity index (χ1v) is 20.6. The Morgan fingerprint density at radius 2 is 0.846 bits per heavy atom. The summed E-state index contributed by atoms with van der Waals surface area (Å²) in [5, 5.41) is 28.6. The minimum atomic E-state index is -1.12. The standard InChI is InChI=1S/C47H58O18/c1-28(31(4)62-37-18-12-9-15-34(37)44(48)49)57-22-21-56-27-40-41(54-7)42(60-25-23-58-29(2)32(5)63-38-19-13-10-16-35(38)45(50)51)43(47(55-8)65-40)61-26-24-59-30(3)33(6)64-39-20-14-11-17-36(39)46(52)53/h9-20,40-43,47H,21-27H2,1-8H3,(H,48,49)(H,50,51)(H,52,53)/b31-28-,32-29-,33-30-/t40?,41-,42+,43?,47-/m1/s1. The molecule has 1 heterocycles. The Bertz CT molecular complexity index is 2140. The van der Waals surface area contributed by atoms with Gasteiger partial charge in [-0.2, -0.15) is 0 Å². The lowest BCUT2D eigenvalue weighted by molar-refractivity contribution is -0.316. The second-order valence-corrected chi connectivity index (χ2v) is 14.3. The number of aromatic carboxylic acids is 3. The molecule has 354 valence electrons. The predicted molar refractivity (Wildman–Crippen MR) is 232 cm³/mol. The van der Waals surface area contributed by atoms with Crippen LogP contribution in [0.5, 0.6) is 17.2 Å². The number of allylic oxidation sites excluding steroid dienone is 6. The second-order valence-electron chi connectivity index (χ2n) is 14.3. The van der Waals surface area contributed by atoms with Crippen molar-refractivity contribution in [3.8, 4) is 17.2 Å². The molecular weight excluding hydrogens is 852 g/mol. The first kappa shape index (κ1) is 51.5. The van der Waals surface area contributed by atoms with Crippen LogP contribution >= 0.6 is 0 Å². The van der Waals surface area contributed by atoms with Crippen molar-refractivity contribution in [2.24, 2.45) is 0 Å². The van der Waals surface area contributed by atoms with Gasteiger partial charge in [0.2, 0.25) is 0 Å². The van der Waals surface area contributed by atoms with Gasteiger partial charge in [0, 0.05) is 14.2 Å². The van der Waals surface area contributed by atoms with Crippen molar-refractivity contribution >= 4 is 17.9 Å². The van der Waals surface area contributed by atoms with E-state index in [-0.39, 0.29) is 80.2 Å². The fourth-order valence-electron chi connectivity index (χ4n) is 6.28. The van der Waals surface area contributed by atoms with Crippen LogP contribution < -0.4 is 14.2 Å². The van der Waals surface area contributed by atoms with Gasteiger partial charge in [0.15, 0.2) is 6.29 Å². The Labute approximate surface area is 377 Å². The Balaban J connectivity index is 1.41. The highest BCUT2D eigenvalue weighted by Gasteiger charge is 2.48. The van der Waals surface area contributed by atoms with Gasteiger partial charge in [-0.25, -0.2) is 14.4 Å². The van der Waals surface area contributed by atoms with Gasteiger partial charge < -0.3 is 72.2 Å². The topological polar surface area (TPSA) is 223 Å². The van der Waals surface area contributed by atoms with Crippen molar-refractivity contribution in [2.45, 2.75) is 72.2 Å². The molecule has 1 aliphatic heterocycles. The highest BCUT2D eigenvalue weighted by atomic mass is 16.7. The van der Waals surface area contributed by atoms with Crippen LogP contribution in [-0.2, 0) is 42.6 Å². The molecule has 3 aromatic rings. The fourth-order valence-corrected chi connectivity index (χ4v) is 6.28. The van der Waals surface area contributed by atoms with E-state index in [4.69, 9.17) is 56.8 Å². The molecule has 65 heavy (non-hydrogen) atoms. The van der Waals surface area contributed by atoms with Crippen LogP contribution in [0.15, 0.2) is 107 Å². The molecule has 4 rings (SSSR count). The lowest BCUT2D eigenvalue weighted by Crippen LogP contribution is -2.61. The zero-order chi connectivity index (χ0) is 47.5. The van der Waals surface area contributed by atoms with Crippen LogP contribution in [0.4, 0.5) is 0 Å². The van der Waals surface area contributed by atoms with E-state index in [9.17, 15) is 29.7 Å². The number of para-hydroxylation sites is 3. The molecule has 3 aromatic carbocycles. The predicted octanol–water partition coefficient (Wildman–Crippen LogP) is 7.30. The van der Waals surface area contributed by atoms with Crippen LogP contribution in [0.3, 0.4) is 0 Å². The maximum Gasteiger partial charge on any atom is 0.339 e. The summed E-state index contributed by atoms with van der Waals surface area (Å²) in [7, 11) is 2.97. The molecule has 0 amide bonds. The van der Waals surface area contributed by atoms with Gasteiger partial charge in [-0.3, -0.25) is 0 Å². The SMILES string of the molecule is CO[C@@H]1OC(COCCO/C(C)=C(/C)Oc2ccccc2C(=O)O)[C@@H](OC)[C@H](OCCO/C(C)=C(/C)Oc2ccccc2C(=O)O)C1OCCO/C(C)=C(/C)Oc1ccccc1C(=O)O. The summed E-state index contributed by atoms with van der Waals surface area (Å²) in [6.45, 7) is 10.6. The Hall–Kier alpha value is -6.15. The summed E-state index contributed by atoms with van der Waals surface area (Å²) in [4.78, 5) is 34.9. The molecule has 0 aromatic heterocycles. The lowest BCUT2D eigenvalue weighted by atomic mass is 9.98. The van der Waals surface area contributed by atoms with Gasteiger partial charge in [-0.15, -0.1) is 0 Å². The van der Waals surface area contributed by atoms with Crippen molar-refractivity contribution in [3.63, 3.8) is 0 Å². The molecule has 0 saturated carbocycles. The molecule has 1 saturated heterocycles. The van der Waals surface area contributed by atoms with Crippen LogP contribution in [-0.4, -0.2) is 124 Å². The number of ether oxygens (including phenoxy) is 12. The Morgan fingerprint density at radius 3 is 1.22 bits per heavy atom. The molecule has 0 spiro atoms. The van der Waals surface area contributed by atoms with Crippen LogP contribution in [0, 0.1) is 0 Å². The number of benzene rings is 3. The van der Waals surface area contributed by atoms with E-state index in [0.29, 0.717) is 34.6 Å². The summed E-state index contributed by atoms with van der Waals surface area (Å²) >= 11 is 0. The van der Waals surface area contributed by atoms with Gasteiger partial charge in [0.1, 0.15) is 113 Å². The highest BCUT2D eigenvalue weighted by Crippen LogP contribution is 2.30. The van der Waals surface area contributed by atoms with Crippen molar-refractivity contribution in [1.82, 2.24) is 0 Å². The first-order chi connectivity index (χ1) is 31.2. The normalized spacial score (nSPS) is 19.5. The molecule has 18 heteroatoms. The van der Waals surface area contributed by atoms with Crippen LogP contribution in [0.2, 0.25) is 0 Å². The van der Waals surface area contributed by atoms with Gasteiger partial charge in [-0.05, 0) is 77.9 Å². The third kappa shape index (κ3) is 15.2. The minimum Gasteiger partial charge on any atom is -0.492 e. The van der Waals surface area contributed by atoms with Crippen molar-refractivity contribution in [2.75, 3.05) is 60.5 Å². The molecule has 0 radical (unpaired) electrons. The number of hydrogen-bond acceptors (Lipinski definition) is 15. The number of hydrogen-bond donors (Lipinski definition) is 3. The zero-order valence-corrected chi connectivity index (χ0v) is 37.7. The molecule has 1 fully saturated rings. The zero-order valence-electron chi connectivity index (χ0n) is 37.7. The monoisotopic (exact) mass is 910 g/mol. The van der Waals surface area contributed by atoms with E-state index in [1.165, 1.54) is 32.4 Å². The van der Waals surface area contributed by atoms with E-state index in [1.54, 1.807) is 96.1 Å².